The largest absolute Gasteiger partial charge is 0.316 e. The van der Waals surface area contributed by atoms with Gasteiger partial charge in [-0.3, -0.25) is 4.90 Å². The molecule has 1 unspecified atom stereocenters. The molecule has 1 heterocycles. The van der Waals surface area contributed by atoms with E-state index in [1.807, 2.05) is 0 Å². The molecular weight excluding hydrogens is 282 g/mol. The average Bonchev–Trinajstić information content (AvgIpc) is 2.94. The van der Waals surface area contributed by atoms with Crippen molar-refractivity contribution in [1.29, 1.82) is 0 Å². The maximum atomic E-state index is 5.05. The van der Waals surface area contributed by atoms with Gasteiger partial charge in [0.05, 0.1) is 11.9 Å². The fraction of sp³-hybridized carbons (Fsp3) is 0.550. The summed E-state index contributed by atoms with van der Waals surface area (Å²) in [7, 11) is 0. The Morgan fingerprint density at radius 1 is 1.09 bits per heavy atom. The predicted molar refractivity (Wildman–Crippen MR) is 95.7 cm³/mol. The van der Waals surface area contributed by atoms with Crippen LogP contribution in [-0.4, -0.2) is 27.5 Å². The van der Waals surface area contributed by atoms with Crippen LogP contribution >= 0.6 is 0 Å². The molecule has 2 aromatic rings. The van der Waals surface area contributed by atoms with E-state index in [9.17, 15) is 0 Å². The first-order valence-electron chi connectivity index (χ1n) is 9.11. The second-order valence-corrected chi connectivity index (χ2v) is 6.51. The van der Waals surface area contributed by atoms with Crippen LogP contribution in [0.15, 0.2) is 30.3 Å². The lowest BCUT2D eigenvalue weighted by Gasteiger charge is -2.31. The maximum absolute atomic E-state index is 5.05. The Balaban J connectivity index is 1.99. The lowest BCUT2D eigenvalue weighted by atomic mass is 10.0. The van der Waals surface area contributed by atoms with Gasteiger partial charge < -0.3 is 4.57 Å². The van der Waals surface area contributed by atoms with Gasteiger partial charge in [-0.15, -0.1) is 0 Å². The van der Waals surface area contributed by atoms with E-state index in [0.29, 0.717) is 6.17 Å². The van der Waals surface area contributed by atoms with Crippen molar-refractivity contribution in [2.75, 3.05) is 13.1 Å². The smallest absolute Gasteiger partial charge is 0.114 e. The highest BCUT2D eigenvalue weighted by molar-refractivity contribution is 5.26. The van der Waals surface area contributed by atoms with Crippen LogP contribution in [0.5, 0.6) is 0 Å². The van der Waals surface area contributed by atoms with Crippen LogP contribution in [0, 0.1) is 0 Å². The number of nitrogens with zero attached hydrogens (tertiary/aromatic N) is 3. The molecule has 0 radical (unpaired) electrons. The third-order valence-electron chi connectivity index (χ3n) is 5.16. The lowest BCUT2D eigenvalue weighted by Crippen LogP contribution is -2.32. The van der Waals surface area contributed by atoms with Crippen LogP contribution in [0.2, 0.25) is 0 Å². The normalized spacial score (nSPS) is 15.7. The third-order valence-corrected chi connectivity index (χ3v) is 5.16. The number of aromatic nitrogens is 2. The van der Waals surface area contributed by atoms with Gasteiger partial charge in [-0.1, -0.05) is 44.2 Å². The minimum atomic E-state index is 0.387. The highest BCUT2D eigenvalue weighted by Crippen LogP contribution is 2.28. The van der Waals surface area contributed by atoms with Crippen LogP contribution in [0.25, 0.3) is 0 Å². The fourth-order valence-electron chi connectivity index (χ4n) is 3.88. The molecule has 0 saturated heterocycles. The summed E-state index contributed by atoms with van der Waals surface area (Å²) >= 11 is 0. The molecule has 3 rings (SSSR count). The third kappa shape index (κ3) is 3.35. The van der Waals surface area contributed by atoms with Crippen LogP contribution < -0.4 is 0 Å². The second-order valence-electron chi connectivity index (χ2n) is 6.51. The van der Waals surface area contributed by atoms with Gasteiger partial charge in [0.25, 0.3) is 0 Å². The van der Waals surface area contributed by atoms with Crippen molar-refractivity contribution in [3.8, 4) is 0 Å². The van der Waals surface area contributed by atoms with E-state index in [1.54, 1.807) is 0 Å². The molecular formula is C20H29N3. The molecule has 0 saturated carbocycles. The first-order chi connectivity index (χ1) is 11.2. The molecule has 0 amide bonds. The number of benzene rings is 1. The van der Waals surface area contributed by atoms with E-state index < -0.39 is 0 Å². The van der Waals surface area contributed by atoms with Gasteiger partial charge in [0.2, 0.25) is 0 Å². The van der Waals surface area contributed by atoms with Crippen molar-refractivity contribution in [2.45, 2.75) is 59.0 Å². The van der Waals surface area contributed by atoms with Crippen LogP contribution in [0.3, 0.4) is 0 Å². The average molecular weight is 311 g/mol. The lowest BCUT2D eigenvalue weighted by molar-refractivity contribution is 0.165. The number of aryl methyl sites for hydroxylation is 1. The summed E-state index contributed by atoms with van der Waals surface area (Å²) in [6.07, 6.45) is 6.23. The zero-order chi connectivity index (χ0) is 16.2. The summed E-state index contributed by atoms with van der Waals surface area (Å²) in [5.41, 5.74) is 4.19. The Labute approximate surface area is 140 Å². The van der Waals surface area contributed by atoms with Crippen molar-refractivity contribution in [3.63, 3.8) is 0 Å². The van der Waals surface area contributed by atoms with E-state index in [-0.39, 0.29) is 0 Å². The molecule has 1 atom stereocenters. The van der Waals surface area contributed by atoms with E-state index >= 15 is 0 Å². The zero-order valence-electron chi connectivity index (χ0n) is 14.8. The molecule has 0 fully saturated rings. The molecule has 3 heteroatoms. The first kappa shape index (κ1) is 16.3. The summed E-state index contributed by atoms with van der Waals surface area (Å²) in [6.45, 7) is 8.99. The number of hydrogen-bond acceptors (Lipinski definition) is 2. The van der Waals surface area contributed by atoms with Crippen molar-refractivity contribution in [1.82, 2.24) is 14.5 Å². The van der Waals surface area contributed by atoms with Gasteiger partial charge in [-0.25, -0.2) is 4.98 Å². The predicted octanol–water partition coefficient (Wildman–Crippen LogP) is 4.21. The van der Waals surface area contributed by atoms with Crippen LogP contribution in [-0.2, 0) is 19.3 Å². The topological polar surface area (TPSA) is 21.1 Å². The van der Waals surface area contributed by atoms with Crippen molar-refractivity contribution >= 4 is 0 Å². The molecule has 0 bridgehead atoms. The van der Waals surface area contributed by atoms with E-state index in [1.165, 1.54) is 42.0 Å². The Hall–Kier alpha value is -1.61. The van der Waals surface area contributed by atoms with Crippen molar-refractivity contribution in [2.24, 2.45) is 0 Å². The van der Waals surface area contributed by atoms with Gasteiger partial charge in [-0.05, 0) is 51.3 Å². The molecule has 3 nitrogen and oxygen atoms in total. The van der Waals surface area contributed by atoms with E-state index in [2.05, 4.69) is 60.6 Å². The summed E-state index contributed by atoms with van der Waals surface area (Å²) < 4.78 is 2.54. The van der Waals surface area contributed by atoms with Crippen LogP contribution in [0.4, 0.5) is 0 Å². The van der Waals surface area contributed by atoms with Gasteiger partial charge in [-0.2, -0.15) is 0 Å². The number of rotatable bonds is 6. The van der Waals surface area contributed by atoms with Gasteiger partial charge in [0.15, 0.2) is 0 Å². The monoisotopic (exact) mass is 311 g/mol. The molecule has 0 N–H and O–H groups in total. The minimum Gasteiger partial charge on any atom is -0.316 e. The maximum Gasteiger partial charge on any atom is 0.114 e. The number of fused-ring (bicyclic) bond motifs is 1. The summed E-state index contributed by atoms with van der Waals surface area (Å²) in [4.78, 5) is 7.57. The Morgan fingerprint density at radius 3 is 2.48 bits per heavy atom. The Kier molecular flexibility index (Phi) is 5.16. The van der Waals surface area contributed by atoms with E-state index in [0.717, 1.165) is 25.9 Å². The Bertz CT molecular complexity index is 626. The zero-order valence-corrected chi connectivity index (χ0v) is 14.8. The van der Waals surface area contributed by atoms with Gasteiger partial charge in [0.1, 0.15) is 5.82 Å². The highest BCUT2D eigenvalue weighted by Gasteiger charge is 2.25. The number of hydrogen-bond donors (Lipinski definition) is 0. The summed E-state index contributed by atoms with van der Waals surface area (Å²) in [5.74, 6) is 1.24. The molecule has 1 aliphatic carbocycles. The summed E-state index contributed by atoms with van der Waals surface area (Å²) in [6, 6.07) is 10.7. The van der Waals surface area contributed by atoms with Gasteiger partial charge in [0, 0.05) is 12.1 Å². The molecule has 0 aliphatic heterocycles. The molecule has 23 heavy (non-hydrogen) atoms. The second kappa shape index (κ2) is 7.31. The molecule has 1 aliphatic rings. The fourth-order valence-corrected chi connectivity index (χ4v) is 3.88. The minimum absolute atomic E-state index is 0.387. The Morgan fingerprint density at radius 2 is 1.78 bits per heavy atom. The molecule has 124 valence electrons. The standard InChI is InChI=1S/C20H29N3/c1-4-22(5-2)16(3)23-19-14-10-9-13-18(19)21-20(23)15-17-11-7-6-8-12-17/h6-8,11-12,16H,4-5,9-10,13-15H2,1-3H3. The molecule has 1 aromatic heterocycles. The summed E-state index contributed by atoms with van der Waals surface area (Å²) in [5, 5.41) is 0. The van der Waals surface area contributed by atoms with Gasteiger partial charge >= 0.3 is 0 Å². The highest BCUT2D eigenvalue weighted by atomic mass is 15.3. The molecule has 1 aromatic carbocycles. The first-order valence-corrected chi connectivity index (χ1v) is 9.11. The van der Waals surface area contributed by atoms with Crippen molar-refractivity contribution < 1.29 is 0 Å². The van der Waals surface area contributed by atoms with Crippen molar-refractivity contribution in [3.05, 3.63) is 53.1 Å². The quantitative estimate of drug-likeness (QED) is 0.796. The SMILES string of the molecule is CCN(CC)C(C)n1c(Cc2ccccc2)nc2c1CCCC2. The van der Waals surface area contributed by atoms with Crippen LogP contribution in [0.1, 0.15) is 62.6 Å². The molecule has 0 spiro atoms. The number of imidazole rings is 1. The van der Waals surface area contributed by atoms with E-state index in [4.69, 9.17) is 4.98 Å².